The van der Waals surface area contributed by atoms with Gasteiger partial charge in [-0.3, -0.25) is 14.2 Å². The number of fused-ring (bicyclic) bond motifs is 3. The minimum atomic E-state index is -0.219. The fraction of sp³-hybridized carbons (Fsp3) is 0.458. The van der Waals surface area contributed by atoms with Crippen LogP contribution in [0.15, 0.2) is 29.3 Å². The Labute approximate surface area is 181 Å². The van der Waals surface area contributed by atoms with E-state index in [-0.39, 0.29) is 23.4 Å². The molecule has 0 saturated heterocycles. The third kappa shape index (κ3) is 3.93. The number of aryl methyl sites for hydroxylation is 3. The summed E-state index contributed by atoms with van der Waals surface area (Å²) >= 11 is 1.64. The zero-order valence-electron chi connectivity index (χ0n) is 18.3. The smallest absolute Gasteiger partial charge is 0.262 e. The minimum absolute atomic E-state index is 0.0373. The number of nitrogens with zero attached hydrogens (tertiary/aromatic N) is 2. The molecule has 1 unspecified atom stereocenters. The van der Waals surface area contributed by atoms with Crippen LogP contribution in [0.25, 0.3) is 10.2 Å². The number of hydrogen-bond donors (Lipinski definition) is 1. The number of hydrogen-bond acceptors (Lipinski definition) is 4. The molecule has 158 valence electrons. The molecule has 1 aromatic carbocycles. The largest absolute Gasteiger partial charge is 0.324 e. The predicted octanol–water partition coefficient (Wildman–Crippen LogP) is 4.86. The third-order valence-corrected chi connectivity index (χ3v) is 7.40. The van der Waals surface area contributed by atoms with Crippen molar-refractivity contribution in [1.82, 2.24) is 9.55 Å². The molecule has 1 aliphatic carbocycles. The molecule has 0 fully saturated rings. The van der Waals surface area contributed by atoms with Gasteiger partial charge in [0, 0.05) is 10.6 Å². The number of carbonyl (C=O) groups is 1. The molecule has 3 aromatic rings. The van der Waals surface area contributed by atoms with Gasteiger partial charge >= 0.3 is 0 Å². The van der Waals surface area contributed by atoms with Gasteiger partial charge in [0.1, 0.15) is 11.4 Å². The van der Waals surface area contributed by atoms with Crippen molar-refractivity contribution in [2.45, 2.75) is 60.4 Å². The Morgan fingerprint density at radius 2 is 2.07 bits per heavy atom. The maximum atomic E-state index is 13.2. The molecule has 2 aromatic heterocycles. The zero-order valence-corrected chi connectivity index (χ0v) is 19.2. The third-order valence-electron chi connectivity index (χ3n) is 6.24. The van der Waals surface area contributed by atoms with Crippen LogP contribution >= 0.6 is 11.3 Å². The normalized spacial score (nSPS) is 16.5. The Hall–Kier alpha value is -2.47. The van der Waals surface area contributed by atoms with Gasteiger partial charge in [-0.2, -0.15) is 0 Å². The van der Waals surface area contributed by atoms with Crippen LogP contribution in [0.1, 0.15) is 48.8 Å². The number of anilines is 1. The van der Waals surface area contributed by atoms with Gasteiger partial charge in [0.15, 0.2) is 0 Å². The lowest BCUT2D eigenvalue weighted by Gasteiger charge is -2.33. The molecule has 5 nitrogen and oxygen atoms in total. The Morgan fingerprint density at radius 1 is 1.30 bits per heavy atom. The van der Waals surface area contributed by atoms with Gasteiger partial charge in [0.25, 0.3) is 5.56 Å². The second-order valence-electron chi connectivity index (χ2n) is 9.53. The first-order valence-corrected chi connectivity index (χ1v) is 11.3. The molecule has 30 heavy (non-hydrogen) atoms. The van der Waals surface area contributed by atoms with E-state index in [1.807, 2.05) is 32.0 Å². The summed E-state index contributed by atoms with van der Waals surface area (Å²) in [5.74, 6) is 0.396. The van der Waals surface area contributed by atoms with Crippen LogP contribution in [0.4, 0.5) is 5.69 Å². The van der Waals surface area contributed by atoms with Crippen molar-refractivity contribution in [2.75, 3.05) is 5.32 Å². The highest BCUT2D eigenvalue weighted by molar-refractivity contribution is 7.18. The van der Waals surface area contributed by atoms with Crippen LogP contribution < -0.4 is 10.9 Å². The molecule has 1 N–H and O–H groups in total. The van der Waals surface area contributed by atoms with Gasteiger partial charge in [-0.15, -0.1) is 11.3 Å². The lowest BCUT2D eigenvalue weighted by molar-refractivity contribution is -0.116. The zero-order chi connectivity index (χ0) is 21.6. The first-order chi connectivity index (χ1) is 14.1. The Balaban J connectivity index is 1.61. The molecule has 1 amide bonds. The number of benzene rings is 1. The molecule has 1 aliphatic rings. The Kier molecular flexibility index (Phi) is 5.30. The standard InChI is InChI=1S/C24H29N3O2S/c1-14-6-7-15(2)18(10-14)26-20(28)12-27-13-25-22-21(23(27)29)17-9-8-16(24(3,4)5)11-19(17)30-22/h6-7,10,13,16H,8-9,11-12H2,1-5H3,(H,26,28). The van der Waals surface area contributed by atoms with E-state index in [1.165, 1.54) is 15.8 Å². The topological polar surface area (TPSA) is 64.0 Å². The van der Waals surface area contributed by atoms with Crippen molar-refractivity contribution in [2.24, 2.45) is 11.3 Å². The van der Waals surface area contributed by atoms with Gasteiger partial charge in [-0.05, 0) is 67.2 Å². The van der Waals surface area contributed by atoms with Crippen molar-refractivity contribution in [3.8, 4) is 0 Å². The lowest BCUT2D eigenvalue weighted by atomic mass is 9.72. The average Bonchev–Trinajstić information content (AvgIpc) is 3.04. The molecular formula is C24H29N3O2S. The number of carbonyl (C=O) groups excluding carboxylic acids is 1. The second-order valence-corrected chi connectivity index (χ2v) is 10.6. The lowest BCUT2D eigenvalue weighted by Crippen LogP contribution is -2.29. The molecular weight excluding hydrogens is 394 g/mol. The fourth-order valence-electron chi connectivity index (χ4n) is 4.27. The quantitative estimate of drug-likeness (QED) is 0.654. The summed E-state index contributed by atoms with van der Waals surface area (Å²) in [7, 11) is 0. The number of nitrogens with one attached hydrogen (secondary N) is 1. The maximum absolute atomic E-state index is 13.2. The van der Waals surface area contributed by atoms with Crippen LogP contribution in [0, 0.1) is 25.2 Å². The number of thiophene rings is 1. The summed E-state index contributed by atoms with van der Waals surface area (Å²) in [6.45, 7) is 10.8. The van der Waals surface area contributed by atoms with E-state index >= 15 is 0 Å². The summed E-state index contributed by atoms with van der Waals surface area (Å²) in [6, 6.07) is 5.93. The van der Waals surface area contributed by atoms with E-state index in [2.05, 4.69) is 31.1 Å². The molecule has 1 atom stereocenters. The minimum Gasteiger partial charge on any atom is -0.324 e. The molecule has 0 spiro atoms. The van der Waals surface area contributed by atoms with Crippen LogP contribution in [0.5, 0.6) is 0 Å². The highest BCUT2D eigenvalue weighted by Crippen LogP contribution is 2.41. The highest BCUT2D eigenvalue weighted by atomic mass is 32.1. The number of amides is 1. The molecule has 6 heteroatoms. The Morgan fingerprint density at radius 3 is 2.80 bits per heavy atom. The van der Waals surface area contributed by atoms with Crippen molar-refractivity contribution >= 4 is 33.1 Å². The first-order valence-electron chi connectivity index (χ1n) is 10.5. The van der Waals surface area contributed by atoms with Crippen LogP contribution in [-0.2, 0) is 24.2 Å². The molecule has 0 saturated carbocycles. The van der Waals surface area contributed by atoms with Gasteiger partial charge in [0.05, 0.1) is 11.7 Å². The average molecular weight is 424 g/mol. The summed E-state index contributed by atoms with van der Waals surface area (Å²) in [5.41, 5.74) is 4.15. The summed E-state index contributed by atoms with van der Waals surface area (Å²) < 4.78 is 1.44. The molecule has 0 bridgehead atoms. The molecule has 0 radical (unpaired) electrons. The Bertz CT molecular complexity index is 1180. The summed E-state index contributed by atoms with van der Waals surface area (Å²) in [5, 5.41) is 3.64. The molecule has 2 heterocycles. The van der Waals surface area contributed by atoms with E-state index in [0.29, 0.717) is 11.3 Å². The van der Waals surface area contributed by atoms with E-state index in [9.17, 15) is 9.59 Å². The van der Waals surface area contributed by atoms with E-state index in [1.54, 1.807) is 11.3 Å². The first kappa shape index (κ1) is 20.8. The van der Waals surface area contributed by atoms with E-state index in [4.69, 9.17) is 0 Å². The number of aromatic nitrogens is 2. The van der Waals surface area contributed by atoms with E-state index in [0.717, 1.165) is 46.5 Å². The highest BCUT2D eigenvalue weighted by Gasteiger charge is 2.31. The number of rotatable bonds is 3. The van der Waals surface area contributed by atoms with Crippen LogP contribution in [0.3, 0.4) is 0 Å². The van der Waals surface area contributed by atoms with Crippen LogP contribution in [0.2, 0.25) is 0 Å². The van der Waals surface area contributed by atoms with E-state index < -0.39 is 0 Å². The fourth-order valence-corrected chi connectivity index (χ4v) is 5.53. The van der Waals surface area contributed by atoms with Gasteiger partial charge in [-0.25, -0.2) is 4.98 Å². The SMILES string of the molecule is Cc1ccc(C)c(NC(=O)Cn2cnc3sc4c(c3c2=O)CCC(C(C)(C)C)C4)c1. The molecule has 4 rings (SSSR count). The monoisotopic (exact) mass is 423 g/mol. The van der Waals surface area contributed by atoms with Crippen molar-refractivity contribution in [3.05, 3.63) is 56.4 Å². The van der Waals surface area contributed by atoms with Gasteiger partial charge < -0.3 is 5.32 Å². The second kappa shape index (κ2) is 7.65. The van der Waals surface area contributed by atoms with Gasteiger partial charge in [-0.1, -0.05) is 32.9 Å². The van der Waals surface area contributed by atoms with Crippen molar-refractivity contribution in [3.63, 3.8) is 0 Å². The van der Waals surface area contributed by atoms with Crippen LogP contribution in [-0.4, -0.2) is 15.5 Å². The van der Waals surface area contributed by atoms with Gasteiger partial charge in [0.2, 0.25) is 5.91 Å². The molecule has 0 aliphatic heterocycles. The van der Waals surface area contributed by atoms with Crippen molar-refractivity contribution < 1.29 is 4.79 Å². The predicted molar refractivity (Wildman–Crippen MR) is 123 cm³/mol. The summed E-state index contributed by atoms with van der Waals surface area (Å²) in [6.07, 6.45) is 4.51. The summed E-state index contributed by atoms with van der Waals surface area (Å²) in [4.78, 5) is 32.4. The maximum Gasteiger partial charge on any atom is 0.262 e. The van der Waals surface area contributed by atoms with Crippen molar-refractivity contribution in [1.29, 1.82) is 0 Å².